The Kier molecular flexibility index (Phi) is 2.77. The number of hydrogen-bond acceptors (Lipinski definition) is 6. The third-order valence-corrected chi connectivity index (χ3v) is 3.41. The molecule has 18 heavy (non-hydrogen) atoms. The molecule has 0 unspecified atom stereocenters. The molecule has 4 N–H and O–H groups in total. The van der Waals surface area contributed by atoms with Gasteiger partial charge in [0.05, 0.1) is 12.7 Å². The molecule has 0 spiro atoms. The quantitative estimate of drug-likeness (QED) is 0.694. The van der Waals surface area contributed by atoms with Crippen molar-refractivity contribution in [1.82, 2.24) is 19.5 Å². The minimum absolute atomic E-state index is 0.0172. The van der Waals surface area contributed by atoms with E-state index in [1.807, 2.05) is 0 Å². The molecule has 7 nitrogen and oxygen atoms in total. The molecule has 0 bridgehead atoms. The minimum Gasteiger partial charge on any atom is -0.394 e. The van der Waals surface area contributed by atoms with E-state index in [0.717, 1.165) is 12.8 Å². The van der Waals surface area contributed by atoms with E-state index in [2.05, 4.69) is 15.0 Å². The van der Waals surface area contributed by atoms with E-state index in [1.165, 1.54) is 6.33 Å². The molecular formula is C10H13N5O2S. The number of aromatic nitrogens is 4. The van der Waals surface area contributed by atoms with E-state index in [1.54, 1.807) is 4.57 Å². The van der Waals surface area contributed by atoms with E-state index in [-0.39, 0.29) is 18.9 Å². The fourth-order valence-electron chi connectivity index (χ4n) is 2.23. The number of aliphatic hydroxyl groups is 1. The number of hydrogen-bond donors (Lipinski definition) is 3. The molecule has 8 heteroatoms. The number of aromatic amines is 1. The van der Waals surface area contributed by atoms with Crippen molar-refractivity contribution in [2.24, 2.45) is 0 Å². The fraction of sp³-hybridized carbons (Fsp3) is 0.500. The van der Waals surface area contributed by atoms with Gasteiger partial charge in [-0.25, -0.2) is 9.97 Å². The van der Waals surface area contributed by atoms with Crippen molar-refractivity contribution in [2.75, 3.05) is 12.3 Å². The second kappa shape index (κ2) is 4.30. The number of nitrogens with one attached hydrogen (secondary N) is 1. The van der Waals surface area contributed by atoms with Crippen molar-refractivity contribution < 1.29 is 9.84 Å². The zero-order chi connectivity index (χ0) is 12.7. The van der Waals surface area contributed by atoms with Gasteiger partial charge in [-0.15, -0.1) is 0 Å². The number of fused-ring (bicyclic) bond motifs is 1. The van der Waals surface area contributed by atoms with E-state index < -0.39 is 0 Å². The number of nitrogens with two attached hydrogens (primary N) is 1. The molecule has 1 aliphatic rings. The average molecular weight is 267 g/mol. The number of nitrogen functional groups attached to an aromatic ring is 1. The van der Waals surface area contributed by atoms with E-state index in [0.29, 0.717) is 21.8 Å². The second-order valence-corrected chi connectivity index (χ2v) is 4.62. The van der Waals surface area contributed by atoms with Gasteiger partial charge in [-0.1, -0.05) is 0 Å². The second-order valence-electron chi connectivity index (χ2n) is 4.23. The highest BCUT2D eigenvalue weighted by atomic mass is 32.1. The van der Waals surface area contributed by atoms with E-state index >= 15 is 0 Å². The van der Waals surface area contributed by atoms with E-state index in [9.17, 15) is 0 Å². The predicted molar refractivity (Wildman–Crippen MR) is 67.4 cm³/mol. The molecule has 1 aliphatic heterocycles. The highest BCUT2D eigenvalue weighted by molar-refractivity contribution is 7.71. The van der Waals surface area contributed by atoms with Gasteiger partial charge in [0.1, 0.15) is 18.1 Å². The number of H-pyrrole nitrogens is 1. The Hall–Kier alpha value is -1.51. The van der Waals surface area contributed by atoms with Crippen molar-refractivity contribution in [3.8, 4) is 0 Å². The molecule has 0 saturated carbocycles. The standard InChI is InChI=1S/C10H13N5O2S/c11-8-7-9(13-4-12-8)15(10(18)14-7)6-2-1-5(3-16)17-6/h4-6,16H,1-3H2,(H,14,18)(H2,11,12,13)/t5-,6+/m0/s1. The third kappa shape index (κ3) is 1.69. The van der Waals surface area contributed by atoms with Crippen LogP contribution in [0.15, 0.2) is 6.33 Å². The lowest BCUT2D eigenvalue weighted by atomic mass is 10.2. The summed E-state index contributed by atoms with van der Waals surface area (Å²) in [6, 6.07) is 0. The first kappa shape index (κ1) is 11.6. The predicted octanol–water partition coefficient (Wildman–Crippen LogP) is 0.741. The van der Waals surface area contributed by atoms with Crippen LogP contribution in [0.3, 0.4) is 0 Å². The summed E-state index contributed by atoms with van der Waals surface area (Å²) in [5.74, 6) is 0.363. The van der Waals surface area contributed by atoms with Gasteiger partial charge < -0.3 is 20.6 Å². The van der Waals surface area contributed by atoms with Crippen LogP contribution < -0.4 is 5.73 Å². The lowest BCUT2D eigenvalue weighted by molar-refractivity contribution is -0.0213. The number of aliphatic hydroxyl groups excluding tert-OH is 1. The highest BCUT2D eigenvalue weighted by Gasteiger charge is 2.28. The summed E-state index contributed by atoms with van der Waals surface area (Å²) < 4.78 is 8.00. The highest BCUT2D eigenvalue weighted by Crippen LogP contribution is 2.31. The third-order valence-electron chi connectivity index (χ3n) is 3.11. The molecule has 0 amide bonds. The largest absolute Gasteiger partial charge is 0.394 e. The summed E-state index contributed by atoms with van der Waals surface area (Å²) >= 11 is 5.27. The van der Waals surface area contributed by atoms with Gasteiger partial charge in [0.25, 0.3) is 0 Å². The Balaban J connectivity index is 2.10. The van der Waals surface area contributed by atoms with Crippen LogP contribution in [0.1, 0.15) is 19.1 Å². The molecule has 3 rings (SSSR count). The van der Waals surface area contributed by atoms with Crippen LogP contribution in [0.25, 0.3) is 11.2 Å². The maximum absolute atomic E-state index is 9.09. The molecular weight excluding hydrogens is 254 g/mol. The van der Waals surface area contributed by atoms with Gasteiger partial charge in [-0.05, 0) is 25.1 Å². The molecule has 2 aromatic heterocycles. The van der Waals surface area contributed by atoms with Gasteiger partial charge in [0, 0.05) is 0 Å². The Morgan fingerprint density at radius 2 is 2.39 bits per heavy atom. The molecule has 0 aliphatic carbocycles. The van der Waals surface area contributed by atoms with E-state index in [4.69, 9.17) is 27.8 Å². The summed E-state index contributed by atoms with van der Waals surface area (Å²) in [5, 5.41) is 9.09. The minimum atomic E-state index is -0.210. The van der Waals surface area contributed by atoms with Crippen molar-refractivity contribution in [3.63, 3.8) is 0 Å². The first-order chi connectivity index (χ1) is 8.70. The summed E-state index contributed by atoms with van der Waals surface area (Å²) in [6.45, 7) is 0.0172. The summed E-state index contributed by atoms with van der Waals surface area (Å²) in [7, 11) is 0. The average Bonchev–Trinajstić information content (AvgIpc) is 2.93. The Bertz CT molecular complexity index is 637. The van der Waals surface area contributed by atoms with Gasteiger partial charge in [0.15, 0.2) is 16.2 Å². The summed E-state index contributed by atoms with van der Waals surface area (Å²) in [5.41, 5.74) is 7.03. The first-order valence-electron chi connectivity index (χ1n) is 5.67. The monoisotopic (exact) mass is 267 g/mol. The van der Waals surface area contributed by atoms with Crippen LogP contribution in [-0.2, 0) is 4.74 Å². The van der Waals surface area contributed by atoms with Gasteiger partial charge in [-0.2, -0.15) is 0 Å². The lowest BCUT2D eigenvalue weighted by Gasteiger charge is -2.13. The summed E-state index contributed by atoms with van der Waals surface area (Å²) in [4.78, 5) is 11.1. The maximum Gasteiger partial charge on any atom is 0.181 e. The molecule has 3 heterocycles. The number of anilines is 1. The molecule has 1 fully saturated rings. The maximum atomic E-state index is 9.09. The normalized spacial score (nSPS) is 23.8. The van der Waals surface area contributed by atoms with Crippen molar-refractivity contribution in [1.29, 1.82) is 0 Å². The topological polar surface area (TPSA) is 102 Å². The van der Waals surface area contributed by atoms with Crippen molar-refractivity contribution in [3.05, 3.63) is 11.1 Å². The van der Waals surface area contributed by atoms with Crippen LogP contribution in [0.4, 0.5) is 5.82 Å². The van der Waals surface area contributed by atoms with Gasteiger partial charge in [0.2, 0.25) is 0 Å². The molecule has 0 aromatic carbocycles. The molecule has 96 valence electrons. The Labute approximate surface area is 108 Å². The first-order valence-corrected chi connectivity index (χ1v) is 6.08. The zero-order valence-corrected chi connectivity index (χ0v) is 10.4. The number of ether oxygens (including phenoxy) is 1. The smallest absolute Gasteiger partial charge is 0.181 e. The SMILES string of the molecule is Nc1ncnc2c1[nH]c(=S)n2[C@H]1CC[C@@H](CO)O1. The van der Waals surface area contributed by atoms with Crippen LogP contribution in [0.5, 0.6) is 0 Å². The number of nitrogens with zero attached hydrogens (tertiary/aromatic N) is 3. The Morgan fingerprint density at radius 1 is 1.56 bits per heavy atom. The molecule has 1 saturated heterocycles. The van der Waals surface area contributed by atoms with Gasteiger partial charge >= 0.3 is 0 Å². The number of rotatable bonds is 2. The summed E-state index contributed by atoms with van der Waals surface area (Å²) in [6.07, 6.45) is 2.64. The van der Waals surface area contributed by atoms with Crippen molar-refractivity contribution >= 4 is 29.2 Å². The molecule has 0 radical (unpaired) electrons. The van der Waals surface area contributed by atoms with Crippen molar-refractivity contribution in [2.45, 2.75) is 25.2 Å². The molecule has 2 atom stereocenters. The Morgan fingerprint density at radius 3 is 3.11 bits per heavy atom. The fourth-order valence-corrected chi connectivity index (χ4v) is 2.54. The number of imidazole rings is 1. The zero-order valence-electron chi connectivity index (χ0n) is 9.54. The van der Waals surface area contributed by atoms with Crippen LogP contribution in [0, 0.1) is 4.77 Å². The van der Waals surface area contributed by atoms with Gasteiger partial charge in [-0.3, -0.25) is 4.57 Å². The molecule has 2 aromatic rings. The van der Waals surface area contributed by atoms with Crippen LogP contribution in [0.2, 0.25) is 0 Å². The lowest BCUT2D eigenvalue weighted by Crippen LogP contribution is -2.14. The van der Waals surface area contributed by atoms with Crippen LogP contribution in [-0.4, -0.2) is 37.3 Å². The van der Waals surface area contributed by atoms with Crippen LogP contribution >= 0.6 is 12.2 Å².